The predicted octanol–water partition coefficient (Wildman–Crippen LogP) is 4.07. The van der Waals surface area contributed by atoms with Gasteiger partial charge in [0.15, 0.2) is 0 Å². The number of hydrogen-bond acceptors (Lipinski definition) is 16. The number of rotatable bonds is 32. The normalized spacial score (nSPS) is 20.7. The number of halogens is 4. The lowest BCUT2D eigenvalue weighted by molar-refractivity contribution is 0.0516. The number of likely N-dealkylation sites (tertiary alicyclic amines) is 2. The van der Waals surface area contributed by atoms with E-state index in [1.165, 1.54) is 42.5 Å². The molecule has 4 aliphatic rings. The van der Waals surface area contributed by atoms with E-state index in [-0.39, 0.29) is 143 Å². The van der Waals surface area contributed by atoms with E-state index in [9.17, 15) is 50.5 Å². The Kier molecular flexibility index (Phi) is 24.0. The van der Waals surface area contributed by atoms with Crippen molar-refractivity contribution in [2.45, 2.75) is 91.2 Å². The van der Waals surface area contributed by atoms with Gasteiger partial charge in [0.25, 0.3) is 0 Å². The van der Waals surface area contributed by atoms with Crippen molar-refractivity contribution in [3.05, 3.63) is 116 Å². The third kappa shape index (κ3) is 18.3. The quantitative estimate of drug-likeness (QED) is 0.0312. The van der Waals surface area contributed by atoms with Crippen molar-refractivity contribution in [3.63, 3.8) is 0 Å². The summed E-state index contributed by atoms with van der Waals surface area (Å²) in [6.07, 6.45) is 1.66. The Balaban J connectivity index is 0.583. The molecular weight excluding hydrogens is 1180 g/mol. The lowest BCUT2D eigenvalue weighted by atomic mass is 10.0. The number of nitrogens with one attached hydrogen (secondary N) is 6. The van der Waals surface area contributed by atoms with Gasteiger partial charge in [0.1, 0.15) is 29.2 Å². The van der Waals surface area contributed by atoms with Crippen molar-refractivity contribution < 1.29 is 74.2 Å². The van der Waals surface area contributed by atoms with Gasteiger partial charge in [-0.15, -0.1) is 0 Å². The molecule has 0 aromatic heterocycles. The van der Waals surface area contributed by atoms with E-state index in [4.69, 9.17) is 46.9 Å². The Morgan fingerprint density at radius 1 is 0.607 bits per heavy atom. The summed E-state index contributed by atoms with van der Waals surface area (Å²) < 4.78 is 115. The van der Waals surface area contributed by atoms with Crippen LogP contribution in [0.15, 0.2) is 76.5 Å². The second-order valence-corrected chi connectivity index (χ2v) is 25.3. The number of phenolic OH excluding ortho intramolecular Hbond substituents is 1. The molecule has 2 aliphatic heterocycles. The zero-order valence-electron chi connectivity index (χ0n) is 46.3. The van der Waals surface area contributed by atoms with Crippen molar-refractivity contribution in [2.75, 3.05) is 112 Å². The molecule has 4 aromatic carbocycles. The number of nitrogens with zero attached hydrogens (tertiary/aromatic N) is 2. The summed E-state index contributed by atoms with van der Waals surface area (Å²) in [5.41, 5.74) is 2.87. The predicted molar refractivity (Wildman–Crippen MR) is 307 cm³/mol. The number of aromatic hydroxyl groups is 1. The number of benzene rings is 4. The van der Waals surface area contributed by atoms with Gasteiger partial charge in [0, 0.05) is 92.2 Å². The first-order chi connectivity index (χ1) is 40.3. The molecule has 84 heavy (non-hydrogen) atoms. The molecule has 462 valence electrons. The Labute approximate surface area is 498 Å². The monoisotopic (exact) mass is 1250 g/mol. The molecule has 22 nitrogen and oxygen atoms in total. The molecule has 0 spiro atoms. The van der Waals surface area contributed by atoms with Crippen LogP contribution in [0, 0.1) is 11.6 Å². The van der Waals surface area contributed by atoms with Gasteiger partial charge >= 0.3 is 12.1 Å². The minimum Gasteiger partial charge on any atom is -0.508 e. The SMILES string of the molecule is O=C(NCCCCNC(=O)NCCOCCOCCNS(=O)(=O)c1ccc(O)c(C2C[C@@H](O)CN2[C@@H]2Cc3cc(Cl)cc(F)c3C2)c1)NCCOCCOCCNS(=O)(=O)c1ccc(O[C@H]2c3cc(Cl)cc(F)c3C[C@@H]2N2CC[C@@H](O)C2)cc1. The maximum atomic E-state index is 14.9. The highest BCUT2D eigenvalue weighted by molar-refractivity contribution is 7.89. The molecule has 1 unspecified atom stereocenters. The number of fused-ring (bicyclic) bond motifs is 2. The molecular formula is C56H74Cl2F2N8O14S2. The van der Waals surface area contributed by atoms with Gasteiger partial charge in [0.2, 0.25) is 20.0 Å². The van der Waals surface area contributed by atoms with Crippen LogP contribution in [0.2, 0.25) is 10.0 Å². The van der Waals surface area contributed by atoms with Crippen molar-refractivity contribution in [1.29, 1.82) is 0 Å². The molecule has 28 heteroatoms. The van der Waals surface area contributed by atoms with Crippen LogP contribution in [-0.2, 0) is 58.3 Å². The van der Waals surface area contributed by atoms with E-state index in [1.807, 2.05) is 4.90 Å². The summed E-state index contributed by atoms with van der Waals surface area (Å²) in [5, 5.41) is 43.0. The van der Waals surface area contributed by atoms with Crippen LogP contribution in [0.3, 0.4) is 0 Å². The van der Waals surface area contributed by atoms with Crippen LogP contribution in [0.1, 0.15) is 65.6 Å². The lowest BCUT2D eigenvalue weighted by Gasteiger charge is -2.31. The van der Waals surface area contributed by atoms with E-state index in [1.54, 1.807) is 24.3 Å². The summed E-state index contributed by atoms with van der Waals surface area (Å²) in [6.45, 7) is 4.06. The molecule has 9 N–H and O–H groups in total. The maximum Gasteiger partial charge on any atom is 0.314 e. The molecule has 2 heterocycles. The second kappa shape index (κ2) is 31.0. The topological polar surface area (TPSA) is 288 Å². The number of urea groups is 2. The molecule has 0 radical (unpaired) electrons. The molecule has 6 atom stereocenters. The minimum absolute atomic E-state index is 0.0166. The number of carbonyl (C=O) groups excluding carboxylic acids is 2. The number of sulfonamides is 2. The number of aliphatic hydroxyl groups is 2. The fraction of sp³-hybridized carbons (Fsp3) is 0.536. The Hall–Kier alpha value is -5.04. The number of carbonyl (C=O) groups is 2. The van der Waals surface area contributed by atoms with Crippen molar-refractivity contribution >= 4 is 55.3 Å². The lowest BCUT2D eigenvalue weighted by Crippen LogP contribution is -2.39. The smallest absolute Gasteiger partial charge is 0.314 e. The Bertz CT molecular complexity index is 3090. The number of β-amino-alcohol motifs (C(OH)–C–C–N with tert-alkyl or cyclic N) is 2. The molecule has 2 aliphatic carbocycles. The summed E-state index contributed by atoms with van der Waals surface area (Å²) in [6, 6.07) is 14.3. The largest absolute Gasteiger partial charge is 0.508 e. The molecule has 4 amide bonds. The maximum absolute atomic E-state index is 14.9. The Morgan fingerprint density at radius 3 is 1.75 bits per heavy atom. The first-order valence-electron chi connectivity index (χ1n) is 28.1. The zero-order chi connectivity index (χ0) is 59.8. The number of ether oxygens (including phenoxy) is 5. The average Bonchev–Trinajstić information content (AvgIpc) is 2.06. The van der Waals surface area contributed by atoms with E-state index in [2.05, 4.69) is 35.6 Å². The van der Waals surface area contributed by atoms with Crippen molar-refractivity contribution in [3.8, 4) is 11.5 Å². The number of hydrogen-bond donors (Lipinski definition) is 9. The summed E-state index contributed by atoms with van der Waals surface area (Å²) in [4.78, 5) is 28.3. The van der Waals surface area contributed by atoms with Crippen LogP contribution in [-0.4, -0.2) is 190 Å². The molecule has 0 bridgehead atoms. The van der Waals surface area contributed by atoms with Gasteiger partial charge in [0.05, 0.1) is 80.9 Å². The van der Waals surface area contributed by atoms with E-state index >= 15 is 0 Å². The molecule has 4 aromatic rings. The first-order valence-corrected chi connectivity index (χ1v) is 31.8. The van der Waals surface area contributed by atoms with Crippen molar-refractivity contribution in [1.82, 2.24) is 40.5 Å². The van der Waals surface area contributed by atoms with Crippen LogP contribution in [0.5, 0.6) is 11.5 Å². The molecule has 2 fully saturated rings. The van der Waals surface area contributed by atoms with Gasteiger partial charge in [-0.25, -0.2) is 44.6 Å². The summed E-state index contributed by atoms with van der Waals surface area (Å²) in [5.74, 6) is -0.502. The molecule has 8 rings (SSSR count). The number of aliphatic hydroxyl groups excluding tert-OH is 2. The third-order valence-electron chi connectivity index (χ3n) is 15.0. The fourth-order valence-corrected chi connectivity index (χ4v) is 13.4. The highest BCUT2D eigenvalue weighted by atomic mass is 35.5. The van der Waals surface area contributed by atoms with Gasteiger partial charge in [-0.3, -0.25) is 9.80 Å². The van der Waals surface area contributed by atoms with Gasteiger partial charge in [-0.05, 0) is 128 Å². The fourth-order valence-electron chi connectivity index (χ4n) is 10.9. The van der Waals surface area contributed by atoms with E-state index < -0.39 is 50.2 Å². The van der Waals surface area contributed by atoms with Crippen LogP contribution >= 0.6 is 23.2 Å². The molecule has 2 saturated heterocycles. The van der Waals surface area contributed by atoms with Crippen LogP contribution in [0.4, 0.5) is 18.4 Å². The Morgan fingerprint density at radius 2 is 1.15 bits per heavy atom. The van der Waals surface area contributed by atoms with Crippen LogP contribution < -0.4 is 35.4 Å². The standard InChI is InChI=1S/C56H74Cl2F2N8O14S2/c57-37-25-36-26-39(30-45(36)49(59)28-37)68-35-41(70)31-51(68)48-32-44(7-8-53(48)71)84(76,77)66-15-20-81-24-22-79-18-13-64-56(73)62-11-2-1-10-61-55(72)63-12-17-78-21-23-80-19-14-65-83(74,75)43-5-3-42(4-6-43)82-54-47-27-38(58)29-50(60)46(47)33-52(54)67-16-9-40(69)34-67/h3-8,25,27-29,32,39-41,51-52,54,65-66,69-71H,1-2,9-24,26,30-31,33-35H2,(H2,61,63,72)(H2,62,64,73)/t39-,40-,41-,51?,52+,54+/m1/s1. The van der Waals surface area contributed by atoms with E-state index in [0.29, 0.717) is 97.7 Å². The second-order valence-electron chi connectivity index (χ2n) is 20.9. The van der Waals surface area contributed by atoms with E-state index in [0.717, 1.165) is 5.56 Å². The van der Waals surface area contributed by atoms with Gasteiger partial charge < -0.3 is 60.3 Å². The first kappa shape index (κ1) is 64.9. The molecule has 0 saturated carbocycles. The highest BCUT2D eigenvalue weighted by Crippen LogP contribution is 2.44. The number of amides is 4. The zero-order valence-corrected chi connectivity index (χ0v) is 49.5. The number of phenols is 1. The van der Waals surface area contributed by atoms with Gasteiger partial charge in [-0.2, -0.15) is 0 Å². The van der Waals surface area contributed by atoms with Crippen molar-refractivity contribution in [2.24, 2.45) is 0 Å². The highest BCUT2D eigenvalue weighted by Gasteiger charge is 2.43. The summed E-state index contributed by atoms with van der Waals surface area (Å²) >= 11 is 12.3. The third-order valence-corrected chi connectivity index (χ3v) is 18.4. The number of unbranched alkanes of at least 4 members (excludes halogenated alkanes) is 1. The van der Waals surface area contributed by atoms with Gasteiger partial charge in [-0.1, -0.05) is 23.2 Å². The minimum atomic E-state index is -4.00. The summed E-state index contributed by atoms with van der Waals surface area (Å²) in [7, 11) is -7.86. The van der Waals surface area contributed by atoms with Crippen LogP contribution in [0.25, 0.3) is 0 Å². The average molecular weight is 1260 g/mol.